The summed E-state index contributed by atoms with van der Waals surface area (Å²) in [6.07, 6.45) is 1.23. The number of aliphatic imine (C=N–C) groups is 1. The SMILES string of the molecule is COc1cccc(C2=NC3Oc4ccc(C(C)C)cc4C=C3C(=O)N2)c1. The van der Waals surface area contributed by atoms with Crippen LogP contribution in [0.5, 0.6) is 11.5 Å². The summed E-state index contributed by atoms with van der Waals surface area (Å²) in [5, 5.41) is 2.86. The maximum atomic E-state index is 12.6. The highest BCUT2D eigenvalue weighted by Gasteiger charge is 2.32. The number of nitrogens with one attached hydrogen (secondary N) is 1. The van der Waals surface area contributed by atoms with E-state index >= 15 is 0 Å². The molecule has 0 spiro atoms. The average Bonchev–Trinajstić information content (AvgIpc) is 2.66. The number of carbonyl (C=O) groups excluding carboxylic acids is 1. The molecule has 2 aromatic carbocycles. The Morgan fingerprint density at radius 1 is 1.19 bits per heavy atom. The highest BCUT2D eigenvalue weighted by molar-refractivity contribution is 6.16. The van der Waals surface area contributed by atoms with E-state index in [0.717, 1.165) is 16.9 Å². The van der Waals surface area contributed by atoms with Crippen molar-refractivity contribution < 1.29 is 14.3 Å². The molecule has 2 heterocycles. The van der Waals surface area contributed by atoms with Crippen LogP contribution >= 0.6 is 0 Å². The molecule has 0 radical (unpaired) electrons. The first-order valence-electron chi connectivity index (χ1n) is 8.61. The van der Waals surface area contributed by atoms with Crippen molar-refractivity contribution in [3.05, 3.63) is 64.7 Å². The second-order valence-corrected chi connectivity index (χ2v) is 6.69. The van der Waals surface area contributed by atoms with Gasteiger partial charge in [-0.25, -0.2) is 4.99 Å². The first-order chi connectivity index (χ1) is 12.5. The number of benzene rings is 2. The third-order valence-electron chi connectivity index (χ3n) is 4.60. The van der Waals surface area contributed by atoms with Crippen LogP contribution in [0.25, 0.3) is 6.08 Å². The van der Waals surface area contributed by atoms with Gasteiger partial charge in [-0.3, -0.25) is 4.79 Å². The van der Waals surface area contributed by atoms with Crippen LogP contribution in [0.4, 0.5) is 0 Å². The Morgan fingerprint density at radius 2 is 2.04 bits per heavy atom. The Balaban J connectivity index is 1.71. The minimum atomic E-state index is -0.637. The van der Waals surface area contributed by atoms with Crippen molar-refractivity contribution in [2.75, 3.05) is 7.11 Å². The van der Waals surface area contributed by atoms with Crippen molar-refractivity contribution in [3.63, 3.8) is 0 Å². The molecule has 0 aromatic heterocycles. The van der Waals surface area contributed by atoms with Crippen LogP contribution in [-0.4, -0.2) is 25.1 Å². The molecule has 1 atom stereocenters. The highest BCUT2D eigenvalue weighted by Crippen LogP contribution is 2.34. The first-order valence-corrected chi connectivity index (χ1v) is 8.61. The minimum Gasteiger partial charge on any atom is -0.497 e. The number of ether oxygens (including phenoxy) is 2. The van der Waals surface area contributed by atoms with E-state index in [-0.39, 0.29) is 5.91 Å². The number of hydrogen-bond donors (Lipinski definition) is 1. The summed E-state index contributed by atoms with van der Waals surface area (Å²) in [4.78, 5) is 17.2. The standard InChI is InChI=1S/C21H20N2O3/c1-12(2)13-7-8-18-15(9-13)11-17-20(24)22-19(23-21(17)26-18)14-5-4-6-16(10-14)25-3/h4-12,21H,1-3H3,(H,22,23,24). The fraction of sp³-hybridized carbons (Fsp3) is 0.238. The number of hydrogen-bond acceptors (Lipinski definition) is 4. The lowest BCUT2D eigenvalue weighted by Crippen LogP contribution is -2.43. The molecule has 0 aliphatic carbocycles. The van der Waals surface area contributed by atoms with Gasteiger partial charge in [-0.1, -0.05) is 32.0 Å². The van der Waals surface area contributed by atoms with Crippen molar-refractivity contribution >= 4 is 17.8 Å². The zero-order valence-electron chi connectivity index (χ0n) is 14.9. The van der Waals surface area contributed by atoms with Gasteiger partial charge in [0.2, 0.25) is 6.23 Å². The molecular weight excluding hydrogens is 328 g/mol. The maximum absolute atomic E-state index is 12.6. The van der Waals surface area contributed by atoms with E-state index in [0.29, 0.717) is 23.1 Å². The van der Waals surface area contributed by atoms with Gasteiger partial charge in [0.1, 0.15) is 17.3 Å². The van der Waals surface area contributed by atoms with Crippen LogP contribution in [0.3, 0.4) is 0 Å². The van der Waals surface area contributed by atoms with Crippen LogP contribution in [0, 0.1) is 0 Å². The molecular formula is C21H20N2O3. The van der Waals surface area contributed by atoms with Gasteiger partial charge in [-0.15, -0.1) is 0 Å². The third-order valence-corrected chi connectivity index (χ3v) is 4.60. The molecule has 5 heteroatoms. The molecule has 5 nitrogen and oxygen atoms in total. The van der Waals surface area contributed by atoms with Crippen molar-refractivity contribution in [3.8, 4) is 11.5 Å². The lowest BCUT2D eigenvalue weighted by Gasteiger charge is -2.29. The molecule has 26 heavy (non-hydrogen) atoms. The summed E-state index contributed by atoms with van der Waals surface area (Å²) >= 11 is 0. The van der Waals surface area contributed by atoms with Gasteiger partial charge >= 0.3 is 0 Å². The Kier molecular flexibility index (Phi) is 3.99. The minimum absolute atomic E-state index is 0.191. The van der Waals surface area contributed by atoms with E-state index in [9.17, 15) is 4.79 Å². The number of fused-ring (bicyclic) bond motifs is 2. The van der Waals surface area contributed by atoms with E-state index in [1.165, 1.54) is 5.56 Å². The topological polar surface area (TPSA) is 59.9 Å². The smallest absolute Gasteiger partial charge is 0.258 e. The summed E-state index contributed by atoms with van der Waals surface area (Å²) in [7, 11) is 1.60. The molecule has 2 aliphatic heterocycles. The number of amides is 1. The van der Waals surface area contributed by atoms with Crippen LogP contribution in [0.1, 0.15) is 36.5 Å². The fourth-order valence-corrected chi connectivity index (χ4v) is 3.09. The first kappa shape index (κ1) is 16.4. The molecule has 0 fully saturated rings. The Labute approximate surface area is 152 Å². The summed E-state index contributed by atoms with van der Waals surface area (Å²) in [5.74, 6) is 2.15. The van der Waals surface area contributed by atoms with Crippen LogP contribution < -0.4 is 14.8 Å². The Hall–Kier alpha value is -3.08. The molecule has 0 saturated heterocycles. The molecule has 4 rings (SSSR count). The lowest BCUT2D eigenvalue weighted by molar-refractivity contribution is -0.117. The van der Waals surface area contributed by atoms with Gasteiger partial charge in [-0.2, -0.15) is 0 Å². The quantitative estimate of drug-likeness (QED) is 0.923. The van der Waals surface area contributed by atoms with Gasteiger partial charge in [0.05, 0.1) is 12.7 Å². The van der Waals surface area contributed by atoms with Gasteiger partial charge in [0.25, 0.3) is 5.91 Å². The van der Waals surface area contributed by atoms with E-state index in [1.807, 2.05) is 36.4 Å². The zero-order valence-corrected chi connectivity index (χ0v) is 14.9. The molecule has 1 unspecified atom stereocenters. The molecule has 132 valence electrons. The Bertz CT molecular complexity index is 944. The largest absolute Gasteiger partial charge is 0.497 e. The van der Waals surface area contributed by atoms with Crippen LogP contribution in [-0.2, 0) is 4.79 Å². The fourth-order valence-electron chi connectivity index (χ4n) is 3.09. The molecule has 2 aliphatic rings. The summed E-state index contributed by atoms with van der Waals surface area (Å²) in [6, 6.07) is 13.5. The zero-order chi connectivity index (χ0) is 18.3. The van der Waals surface area contributed by atoms with Gasteiger partial charge in [-0.05, 0) is 41.8 Å². The molecule has 2 aromatic rings. The average molecular weight is 348 g/mol. The molecule has 0 saturated carbocycles. The number of nitrogens with zero attached hydrogens (tertiary/aromatic N) is 1. The molecule has 1 amide bonds. The number of carbonyl (C=O) groups is 1. The van der Waals surface area contributed by atoms with Gasteiger partial charge in [0, 0.05) is 11.1 Å². The summed E-state index contributed by atoms with van der Waals surface area (Å²) in [5.41, 5.74) is 3.42. The van der Waals surface area contributed by atoms with Crippen molar-refractivity contribution in [1.29, 1.82) is 0 Å². The van der Waals surface area contributed by atoms with E-state index < -0.39 is 6.23 Å². The van der Waals surface area contributed by atoms with E-state index in [1.54, 1.807) is 7.11 Å². The summed E-state index contributed by atoms with van der Waals surface area (Å²) in [6.45, 7) is 4.28. The third kappa shape index (κ3) is 2.86. The maximum Gasteiger partial charge on any atom is 0.258 e. The highest BCUT2D eigenvalue weighted by atomic mass is 16.5. The number of methoxy groups -OCH3 is 1. The Morgan fingerprint density at radius 3 is 2.81 bits per heavy atom. The molecule has 1 N–H and O–H groups in total. The normalized spacial score (nSPS) is 18.2. The number of amidine groups is 1. The molecule has 0 bridgehead atoms. The predicted molar refractivity (Wildman–Crippen MR) is 101 cm³/mol. The van der Waals surface area contributed by atoms with Gasteiger partial charge < -0.3 is 14.8 Å². The van der Waals surface area contributed by atoms with E-state index in [2.05, 4.69) is 36.3 Å². The second-order valence-electron chi connectivity index (χ2n) is 6.69. The predicted octanol–water partition coefficient (Wildman–Crippen LogP) is 3.50. The second kappa shape index (κ2) is 6.33. The summed E-state index contributed by atoms with van der Waals surface area (Å²) < 4.78 is 11.2. The van der Waals surface area contributed by atoms with Crippen molar-refractivity contribution in [2.24, 2.45) is 4.99 Å². The lowest BCUT2D eigenvalue weighted by atomic mass is 9.97. The van der Waals surface area contributed by atoms with Crippen molar-refractivity contribution in [2.45, 2.75) is 26.0 Å². The van der Waals surface area contributed by atoms with Crippen LogP contribution in [0.2, 0.25) is 0 Å². The van der Waals surface area contributed by atoms with Crippen LogP contribution in [0.15, 0.2) is 53.0 Å². The van der Waals surface area contributed by atoms with E-state index in [4.69, 9.17) is 9.47 Å². The monoisotopic (exact) mass is 348 g/mol. The van der Waals surface area contributed by atoms with Gasteiger partial charge in [0.15, 0.2) is 0 Å². The van der Waals surface area contributed by atoms with Crippen molar-refractivity contribution in [1.82, 2.24) is 5.32 Å². The number of rotatable bonds is 3.